The number of aryl methyl sites for hydroxylation is 4. The number of hydrogen-bond acceptors (Lipinski definition) is 9. The van der Waals surface area contributed by atoms with E-state index >= 15 is 0 Å². The quantitative estimate of drug-likeness (QED) is 0.615. The molecule has 0 saturated heterocycles. The van der Waals surface area contributed by atoms with E-state index in [1.807, 2.05) is 0 Å². The van der Waals surface area contributed by atoms with E-state index in [1.165, 1.54) is 27.7 Å². The summed E-state index contributed by atoms with van der Waals surface area (Å²) in [6, 6.07) is 4.38. The molecule has 0 unspecified atom stereocenters. The molecule has 2 rings (SSSR count). The van der Waals surface area contributed by atoms with Gasteiger partial charge in [0.05, 0.1) is 9.79 Å². The summed E-state index contributed by atoms with van der Waals surface area (Å²) >= 11 is 0. The van der Waals surface area contributed by atoms with E-state index in [9.17, 15) is 31.6 Å². The average Bonchev–Trinajstić information content (AvgIpc) is 2.54. The smallest absolute Gasteiger partial charge is 0.357 e. The highest BCUT2D eigenvalue weighted by molar-refractivity contribution is 7.95. The summed E-state index contributed by atoms with van der Waals surface area (Å²) in [5, 5.41) is 19.5. The van der Waals surface area contributed by atoms with Gasteiger partial charge in [-0.1, -0.05) is 0 Å². The molecule has 0 aliphatic rings. The molecule has 0 aromatic heterocycles. The van der Waals surface area contributed by atoms with Crippen LogP contribution in [0.1, 0.15) is 22.3 Å². The van der Waals surface area contributed by atoms with Gasteiger partial charge in [-0.2, -0.15) is 24.8 Å². The Bertz CT molecular complexity index is 1090. The number of phenols is 2. The molecular formula is C17H21O9PS2. The third kappa shape index (κ3) is 5.18. The summed E-state index contributed by atoms with van der Waals surface area (Å²) < 4.78 is 71.6. The van der Waals surface area contributed by atoms with Gasteiger partial charge in [0, 0.05) is 6.66 Å². The maximum absolute atomic E-state index is 12.6. The van der Waals surface area contributed by atoms with Crippen molar-refractivity contribution in [3.63, 3.8) is 0 Å². The number of benzene rings is 2. The number of phenolic OH excluding ortho intramolecular Hbond substituents is 2. The molecule has 0 amide bonds. The van der Waals surface area contributed by atoms with Crippen molar-refractivity contribution in [3.05, 3.63) is 46.5 Å². The number of aromatic hydroxyl groups is 2. The van der Waals surface area contributed by atoms with Gasteiger partial charge in [-0.15, -0.1) is 0 Å². The summed E-state index contributed by atoms with van der Waals surface area (Å²) in [6.07, 6.45) is 0. The minimum absolute atomic E-state index is 0.111. The topological polar surface area (TPSA) is 144 Å². The van der Waals surface area contributed by atoms with Gasteiger partial charge >= 0.3 is 27.8 Å². The second-order valence-corrected chi connectivity index (χ2v) is 12.1. The van der Waals surface area contributed by atoms with Gasteiger partial charge in [0.2, 0.25) is 0 Å². The Balaban J connectivity index is 2.37. The Hall–Kier alpha value is -1.91. The van der Waals surface area contributed by atoms with E-state index in [2.05, 4.69) is 7.94 Å². The molecule has 0 fully saturated rings. The van der Waals surface area contributed by atoms with Crippen LogP contribution in [0.5, 0.6) is 11.5 Å². The van der Waals surface area contributed by atoms with Gasteiger partial charge in [-0.25, -0.2) is 0 Å². The first-order chi connectivity index (χ1) is 13.1. The van der Waals surface area contributed by atoms with Crippen molar-refractivity contribution in [2.45, 2.75) is 37.5 Å². The van der Waals surface area contributed by atoms with E-state index in [0.717, 1.165) is 24.3 Å². The van der Waals surface area contributed by atoms with Crippen molar-refractivity contribution < 1.29 is 39.6 Å². The van der Waals surface area contributed by atoms with E-state index in [0.29, 0.717) is 6.66 Å². The third-order valence-electron chi connectivity index (χ3n) is 3.97. The molecule has 0 spiro atoms. The molecule has 0 radical (unpaired) electrons. The SMILES string of the molecule is Cc1cc(S(=O)(=O)OP(C)(=O)OS(=O)(=O)c2cc(C)c(O)c(C)c2)cc(C)c1O. The third-order valence-corrected chi connectivity index (χ3v) is 9.34. The lowest BCUT2D eigenvalue weighted by Gasteiger charge is -2.15. The van der Waals surface area contributed by atoms with Crippen LogP contribution in [0.4, 0.5) is 0 Å². The average molecular weight is 464 g/mol. The molecule has 160 valence electrons. The summed E-state index contributed by atoms with van der Waals surface area (Å²) in [6.45, 7) is 6.56. The normalized spacial score (nSPS) is 12.9. The van der Waals surface area contributed by atoms with Crippen LogP contribution in [0.25, 0.3) is 0 Å². The molecule has 9 nitrogen and oxygen atoms in total. The van der Waals surface area contributed by atoms with E-state index in [-0.39, 0.29) is 33.8 Å². The van der Waals surface area contributed by atoms with Crippen molar-refractivity contribution in [2.75, 3.05) is 6.66 Å². The first kappa shape index (κ1) is 23.4. The predicted molar refractivity (Wildman–Crippen MR) is 105 cm³/mol. The fourth-order valence-electron chi connectivity index (χ4n) is 2.58. The first-order valence-electron chi connectivity index (χ1n) is 8.16. The van der Waals surface area contributed by atoms with Crippen molar-refractivity contribution in [3.8, 4) is 11.5 Å². The van der Waals surface area contributed by atoms with Gasteiger partial charge < -0.3 is 10.2 Å². The van der Waals surface area contributed by atoms with Crippen LogP contribution in [0.3, 0.4) is 0 Å². The zero-order chi connectivity index (χ0) is 22.4. The summed E-state index contributed by atoms with van der Waals surface area (Å²) in [5.74, 6) is -0.221. The molecule has 29 heavy (non-hydrogen) atoms. The van der Waals surface area contributed by atoms with Gasteiger partial charge in [-0.05, 0) is 74.2 Å². The second-order valence-electron chi connectivity index (χ2n) is 6.64. The maximum Gasteiger partial charge on any atom is 0.357 e. The Morgan fingerprint density at radius 3 is 1.17 bits per heavy atom. The van der Waals surface area contributed by atoms with E-state index in [4.69, 9.17) is 0 Å². The van der Waals surface area contributed by atoms with Gasteiger partial charge in [0.25, 0.3) is 0 Å². The van der Waals surface area contributed by atoms with Crippen molar-refractivity contribution in [1.29, 1.82) is 0 Å². The molecule has 2 N–H and O–H groups in total. The number of hydrogen-bond donors (Lipinski definition) is 2. The summed E-state index contributed by atoms with van der Waals surface area (Å²) in [5.41, 5.74) is 0.951. The molecule has 2 aromatic rings. The van der Waals surface area contributed by atoms with Crippen LogP contribution in [0.2, 0.25) is 0 Å². The Kier molecular flexibility index (Phi) is 6.23. The lowest BCUT2D eigenvalue weighted by atomic mass is 10.1. The minimum Gasteiger partial charge on any atom is -0.507 e. The molecular weight excluding hydrogens is 443 g/mol. The lowest BCUT2D eigenvalue weighted by molar-refractivity contribution is 0.386. The highest BCUT2D eigenvalue weighted by atomic mass is 32.2. The van der Waals surface area contributed by atoms with Gasteiger partial charge in [-0.3, -0.25) is 4.57 Å². The van der Waals surface area contributed by atoms with Crippen molar-refractivity contribution in [2.24, 2.45) is 0 Å². The summed E-state index contributed by atoms with van der Waals surface area (Å²) in [7, 11) is -14.0. The zero-order valence-electron chi connectivity index (χ0n) is 16.3. The predicted octanol–water partition coefficient (Wildman–Crippen LogP) is 3.27. The lowest BCUT2D eigenvalue weighted by Crippen LogP contribution is -2.11. The second kappa shape index (κ2) is 7.73. The Morgan fingerprint density at radius 2 is 0.931 bits per heavy atom. The monoisotopic (exact) mass is 464 g/mol. The van der Waals surface area contributed by atoms with Crippen LogP contribution in [-0.2, 0) is 32.7 Å². The van der Waals surface area contributed by atoms with Gasteiger partial charge in [0.15, 0.2) is 0 Å². The fraction of sp³-hybridized carbons (Fsp3) is 0.294. The first-order valence-corrected chi connectivity index (χ1v) is 13.0. The van der Waals surface area contributed by atoms with Crippen molar-refractivity contribution in [1.82, 2.24) is 0 Å². The molecule has 0 heterocycles. The summed E-state index contributed by atoms with van der Waals surface area (Å²) in [4.78, 5) is -0.825. The fourth-order valence-corrected chi connectivity index (χ4v) is 7.72. The highest BCUT2D eigenvalue weighted by Crippen LogP contribution is 2.50. The van der Waals surface area contributed by atoms with Crippen LogP contribution in [0, 0.1) is 27.7 Å². The van der Waals surface area contributed by atoms with Crippen molar-refractivity contribution >= 4 is 27.8 Å². The maximum atomic E-state index is 12.6. The van der Waals surface area contributed by atoms with Crippen LogP contribution in [0.15, 0.2) is 34.1 Å². The largest absolute Gasteiger partial charge is 0.507 e. The number of rotatable bonds is 6. The molecule has 0 aliphatic heterocycles. The Morgan fingerprint density at radius 1 is 0.690 bits per heavy atom. The molecule has 2 aromatic carbocycles. The van der Waals surface area contributed by atoms with E-state index in [1.54, 1.807) is 0 Å². The molecule has 12 heteroatoms. The van der Waals surface area contributed by atoms with Crippen LogP contribution < -0.4 is 0 Å². The van der Waals surface area contributed by atoms with Crippen LogP contribution >= 0.6 is 7.60 Å². The van der Waals surface area contributed by atoms with E-state index < -0.39 is 37.6 Å². The standard InChI is InChI=1S/C17H21O9PS2/c1-10-6-14(7-11(2)16(10)18)28(21,22)25-27(5,20)26-29(23,24)15-8-12(3)17(19)13(4)9-15/h6-9,18-19H,1-5H3. The molecule has 0 aliphatic carbocycles. The van der Waals surface area contributed by atoms with Gasteiger partial charge in [0.1, 0.15) is 11.5 Å². The van der Waals surface area contributed by atoms with Crippen LogP contribution in [-0.4, -0.2) is 33.7 Å². The highest BCUT2D eigenvalue weighted by Gasteiger charge is 2.35. The molecule has 0 bridgehead atoms. The minimum atomic E-state index is -4.66. The Labute approximate surface area is 169 Å². The molecule has 0 atom stereocenters. The molecule has 0 saturated carbocycles. The zero-order valence-corrected chi connectivity index (χ0v) is 18.9.